The number of rotatable bonds is 6. The molecule has 1 aliphatic heterocycles. The minimum absolute atomic E-state index is 0.0262. The molecule has 0 unspecified atom stereocenters. The van der Waals surface area contributed by atoms with E-state index in [-0.39, 0.29) is 30.0 Å². The number of nitrogens with two attached hydrogens (primary N) is 1. The van der Waals surface area contributed by atoms with Crippen molar-refractivity contribution < 1.29 is 14.3 Å². The first kappa shape index (κ1) is 20.6. The average molecular weight is 397 g/mol. The number of nitrogen functional groups attached to an aromatic ring is 1. The van der Waals surface area contributed by atoms with Gasteiger partial charge in [0, 0.05) is 25.3 Å². The summed E-state index contributed by atoms with van der Waals surface area (Å²) in [4.78, 5) is 37.0. The van der Waals surface area contributed by atoms with Crippen molar-refractivity contribution in [3.63, 3.8) is 0 Å². The molecule has 0 spiro atoms. The van der Waals surface area contributed by atoms with Crippen LogP contribution in [0.4, 0.5) is 5.95 Å². The van der Waals surface area contributed by atoms with Gasteiger partial charge in [-0.2, -0.15) is 0 Å². The highest BCUT2D eigenvalue weighted by atomic mass is 16.5. The van der Waals surface area contributed by atoms with Crippen molar-refractivity contribution in [2.45, 2.75) is 26.8 Å². The summed E-state index contributed by atoms with van der Waals surface area (Å²) in [6.07, 6.45) is 0.710. The summed E-state index contributed by atoms with van der Waals surface area (Å²) in [6.45, 7) is 5.59. The third kappa shape index (κ3) is 5.22. The number of nitrogens with zero attached hydrogens (tertiary/aromatic N) is 4. The van der Waals surface area contributed by atoms with Gasteiger partial charge < -0.3 is 20.3 Å². The molecule has 8 heteroatoms. The molecule has 29 heavy (non-hydrogen) atoms. The van der Waals surface area contributed by atoms with Crippen LogP contribution in [0.15, 0.2) is 30.3 Å². The molecule has 2 amide bonds. The lowest BCUT2D eigenvalue weighted by atomic mass is 10.1. The lowest BCUT2D eigenvalue weighted by Crippen LogP contribution is -2.52. The van der Waals surface area contributed by atoms with E-state index in [4.69, 9.17) is 10.5 Å². The first-order valence-electron chi connectivity index (χ1n) is 9.69. The van der Waals surface area contributed by atoms with Gasteiger partial charge in [0.25, 0.3) is 5.91 Å². The van der Waals surface area contributed by atoms with Crippen LogP contribution in [0.1, 0.15) is 35.6 Å². The summed E-state index contributed by atoms with van der Waals surface area (Å²) in [5, 5.41) is 0. The number of carbonyl (C=O) groups excluding carboxylic acids is 2. The Balaban J connectivity index is 1.64. The Bertz CT molecular complexity index is 882. The van der Waals surface area contributed by atoms with Crippen molar-refractivity contribution in [2.75, 3.05) is 32.5 Å². The first-order valence-corrected chi connectivity index (χ1v) is 9.69. The van der Waals surface area contributed by atoms with Crippen LogP contribution < -0.4 is 10.5 Å². The summed E-state index contributed by atoms with van der Waals surface area (Å²) in [7, 11) is 1.62. The summed E-state index contributed by atoms with van der Waals surface area (Å²) >= 11 is 0. The average Bonchev–Trinajstić information content (AvgIpc) is 2.68. The minimum Gasteiger partial charge on any atom is -0.497 e. The number of benzene rings is 1. The monoisotopic (exact) mass is 397 g/mol. The van der Waals surface area contributed by atoms with Gasteiger partial charge in [-0.3, -0.25) is 9.59 Å². The van der Waals surface area contributed by atoms with Crippen molar-refractivity contribution in [1.29, 1.82) is 0 Å². The normalized spacial score (nSPS) is 14.4. The van der Waals surface area contributed by atoms with E-state index in [1.165, 1.54) is 4.90 Å². The van der Waals surface area contributed by atoms with Gasteiger partial charge >= 0.3 is 0 Å². The number of ether oxygens (including phenoxy) is 1. The van der Waals surface area contributed by atoms with E-state index in [9.17, 15) is 9.59 Å². The molecule has 0 radical (unpaired) electrons. The maximum atomic E-state index is 12.9. The van der Waals surface area contributed by atoms with E-state index in [0.29, 0.717) is 32.0 Å². The summed E-state index contributed by atoms with van der Waals surface area (Å²) in [5.41, 5.74) is 7.77. The van der Waals surface area contributed by atoms with Gasteiger partial charge in [-0.15, -0.1) is 0 Å². The van der Waals surface area contributed by atoms with E-state index < -0.39 is 0 Å². The van der Waals surface area contributed by atoms with Crippen LogP contribution in [-0.2, 0) is 17.8 Å². The predicted molar refractivity (Wildman–Crippen MR) is 109 cm³/mol. The second-order valence-corrected chi connectivity index (χ2v) is 7.59. The lowest BCUT2D eigenvalue weighted by molar-refractivity contribution is -0.135. The number of anilines is 1. The zero-order valence-electron chi connectivity index (χ0n) is 17.1. The molecule has 1 fully saturated rings. The topological polar surface area (TPSA) is 102 Å². The molecule has 0 bridgehead atoms. The number of hydrogen-bond acceptors (Lipinski definition) is 6. The van der Waals surface area contributed by atoms with E-state index in [1.807, 2.05) is 24.3 Å². The van der Waals surface area contributed by atoms with Crippen molar-refractivity contribution in [3.8, 4) is 5.75 Å². The third-order valence-electron chi connectivity index (χ3n) is 4.77. The number of aromatic nitrogens is 2. The smallest absolute Gasteiger partial charge is 0.273 e. The molecule has 0 saturated carbocycles. The lowest BCUT2D eigenvalue weighted by Gasteiger charge is -2.34. The van der Waals surface area contributed by atoms with Crippen LogP contribution in [0.3, 0.4) is 0 Å². The number of piperazine rings is 1. The van der Waals surface area contributed by atoms with Gasteiger partial charge in [-0.1, -0.05) is 26.0 Å². The van der Waals surface area contributed by atoms with Crippen LogP contribution in [0.2, 0.25) is 0 Å². The molecule has 154 valence electrons. The largest absolute Gasteiger partial charge is 0.497 e. The fourth-order valence-electron chi connectivity index (χ4n) is 3.31. The Morgan fingerprint density at radius 2 is 1.93 bits per heavy atom. The van der Waals surface area contributed by atoms with Gasteiger partial charge in [0.05, 0.1) is 7.11 Å². The fourth-order valence-corrected chi connectivity index (χ4v) is 3.31. The standard InChI is InChI=1S/C21H27N5O3/c1-14(2)10-16-11-18(24-21(22)23-16)20(28)26-9-8-25(19(27)13-26)12-15-4-6-17(29-3)7-5-15/h4-7,11,14H,8-10,12-13H2,1-3H3,(H2,22,23,24). The predicted octanol–water partition coefficient (Wildman–Crippen LogP) is 1.75. The Labute approximate surface area is 170 Å². The van der Waals surface area contributed by atoms with E-state index in [1.54, 1.807) is 18.1 Å². The number of hydrogen-bond donors (Lipinski definition) is 1. The van der Waals surface area contributed by atoms with Crippen molar-refractivity contribution in [1.82, 2.24) is 19.8 Å². The molecule has 0 aliphatic carbocycles. The van der Waals surface area contributed by atoms with Gasteiger partial charge in [0.15, 0.2) is 0 Å². The van der Waals surface area contributed by atoms with Crippen LogP contribution >= 0.6 is 0 Å². The molecule has 0 atom stereocenters. The van der Waals surface area contributed by atoms with E-state index >= 15 is 0 Å². The Morgan fingerprint density at radius 1 is 1.21 bits per heavy atom. The number of methoxy groups -OCH3 is 1. The molecular formula is C21H27N5O3. The highest BCUT2D eigenvalue weighted by Gasteiger charge is 2.28. The van der Waals surface area contributed by atoms with Crippen LogP contribution in [0.25, 0.3) is 0 Å². The summed E-state index contributed by atoms with van der Waals surface area (Å²) in [6, 6.07) is 9.28. The maximum Gasteiger partial charge on any atom is 0.273 e. The fraction of sp³-hybridized carbons (Fsp3) is 0.429. The number of carbonyl (C=O) groups is 2. The van der Waals surface area contributed by atoms with Gasteiger partial charge in [0.2, 0.25) is 11.9 Å². The second-order valence-electron chi connectivity index (χ2n) is 7.59. The van der Waals surface area contributed by atoms with Crippen LogP contribution in [0.5, 0.6) is 5.75 Å². The van der Waals surface area contributed by atoms with Crippen LogP contribution in [-0.4, -0.2) is 58.3 Å². The Morgan fingerprint density at radius 3 is 2.55 bits per heavy atom. The molecule has 1 aromatic carbocycles. The second kappa shape index (κ2) is 8.89. The van der Waals surface area contributed by atoms with E-state index in [0.717, 1.165) is 17.0 Å². The Hall–Kier alpha value is -3.16. The summed E-state index contributed by atoms with van der Waals surface area (Å²) in [5.74, 6) is 0.856. The van der Waals surface area contributed by atoms with Crippen LogP contribution in [0, 0.1) is 5.92 Å². The maximum absolute atomic E-state index is 12.9. The molecular weight excluding hydrogens is 370 g/mol. The SMILES string of the molecule is COc1ccc(CN2CCN(C(=O)c3cc(CC(C)C)nc(N)n3)CC2=O)cc1. The quantitative estimate of drug-likeness (QED) is 0.797. The number of amides is 2. The molecule has 3 rings (SSSR count). The highest BCUT2D eigenvalue weighted by Crippen LogP contribution is 2.16. The minimum atomic E-state index is -0.290. The molecule has 2 aromatic rings. The third-order valence-corrected chi connectivity index (χ3v) is 4.77. The van der Waals surface area contributed by atoms with Gasteiger partial charge in [-0.05, 0) is 36.1 Å². The summed E-state index contributed by atoms with van der Waals surface area (Å²) < 4.78 is 5.16. The molecule has 8 nitrogen and oxygen atoms in total. The van der Waals surface area contributed by atoms with Crippen molar-refractivity contribution >= 4 is 17.8 Å². The molecule has 1 aliphatic rings. The molecule has 2 heterocycles. The molecule has 2 N–H and O–H groups in total. The van der Waals surface area contributed by atoms with Crippen molar-refractivity contribution in [3.05, 3.63) is 47.3 Å². The van der Waals surface area contributed by atoms with E-state index in [2.05, 4.69) is 23.8 Å². The van der Waals surface area contributed by atoms with Gasteiger partial charge in [0.1, 0.15) is 18.0 Å². The zero-order valence-corrected chi connectivity index (χ0v) is 17.1. The molecule has 1 aromatic heterocycles. The Kier molecular flexibility index (Phi) is 6.31. The zero-order chi connectivity index (χ0) is 21.0. The molecule has 1 saturated heterocycles. The van der Waals surface area contributed by atoms with Gasteiger partial charge in [-0.25, -0.2) is 9.97 Å². The highest BCUT2D eigenvalue weighted by molar-refractivity contribution is 5.95. The van der Waals surface area contributed by atoms with Crippen molar-refractivity contribution in [2.24, 2.45) is 5.92 Å². The first-order chi connectivity index (χ1) is 13.9.